The standard InChI is InChI=1S/C75H146O17P2/c1-8-10-11-12-32-42-49-56-72(77)85-62-70(92-75(80)59-52-45-38-31-34-40-47-54-67(5)6)64-89-93(81,82)87-60-69(76)61-88-94(83,84)90-65-71(63-86-73(78)57-50-43-36-29-25-21-18-17-20-24-28-35-41-48-55-68(7)9-2)91-74(79)58-51-44-37-30-26-22-16-14-13-15-19-23-27-33-39-46-53-66(3)4/h66-71,76H,8-65H2,1-7H3,(H,81,82)(H,83,84)/t68?,69-,70+,71+/m0/s1. The summed E-state index contributed by atoms with van der Waals surface area (Å²) in [7, 11) is -9.90. The maximum Gasteiger partial charge on any atom is 0.472 e. The Labute approximate surface area is 575 Å². The van der Waals surface area contributed by atoms with Crippen molar-refractivity contribution in [2.45, 2.75) is 401 Å². The number of rotatable bonds is 73. The van der Waals surface area contributed by atoms with E-state index in [1.54, 1.807) is 0 Å². The molecule has 0 fully saturated rings. The summed E-state index contributed by atoms with van der Waals surface area (Å²) in [4.78, 5) is 72.6. The molecule has 0 aliphatic heterocycles. The third-order valence-corrected chi connectivity index (χ3v) is 19.6. The molecule has 3 N–H and O–H groups in total. The molecule has 0 aromatic rings. The van der Waals surface area contributed by atoms with Crippen LogP contribution in [0.1, 0.15) is 382 Å². The minimum Gasteiger partial charge on any atom is -0.462 e. The van der Waals surface area contributed by atoms with Gasteiger partial charge >= 0.3 is 39.5 Å². The number of esters is 4. The van der Waals surface area contributed by atoms with Gasteiger partial charge in [-0.15, -0.1) is 0 Å². The van der Waals surface area contributed by atoms with Gasteiger partial charge < -0.3 is 33.8 Å². The lowest BCUT2D eigenvalue weighted by Gasteiger charge is -2.21. The zero-order valence-electron chi connectivity index (χ0n) is 61.4. The van der Waals surface area contributed by atoms with Gasteiger partial charge in [0, 0.05) is 25.7 Å². The largest absolute Gasteiger partial charge is 0.472 e. The molecular weight excluding hydrogens is 1230 g/mol. The lowest BCUT2D eigenvalue weighted by molar-refractivity contribution is -0.161. The lowest BCUT2D eigenvalue weighted by atomic mass is 9.99. The van der Waals surface area contributed by atoms with Crippen LogP contribution in [0, 0.1) is 17.8 Å². The van der Waals surface area contributed by atoms with Gasteiger partial charge in [-0.25, -0.2) is 9.13 Å². The number of unbranched alkanes of at least 4 members (excludes halogenated alkanes) is 40. The number of aliphatic hydroxyl groups excluding tert-OH is 1. The minimum atomic E-state index is -4.96. The van der Waals surface area contributed by atoms with Crippen LogP contribution >= 0.6 is 15.6 Å². The van der Waals surface area contributed by atoms with Crippen LogP contribution in [0.25, 0.3) is 0 Å². The average molecular weight is 1380 g/mol. The van der Waals surface area contributed by atoms with Crippen molar-refractivity contribution >= 4 is 39.5 Å². The minimum absolute atomic E-state index is 0.103. The Morgan fingerprint density at radius 1 is 0.309 bits per heavy atom. The molecule has 0 spiro atoms. The van der Waals surface area contributed by atoms with E-state index in [1.807, 2.05) is 0 Å². The summed E-state index contributed by atoms with van der Waals surface area (Å²) in [5.41, 5.74) is 0. The fourth-order valence-corrected chi connectivity index (χ4v) is 13.0. The van der Waals surface area contributed by atoms with Crippen LogP contribution in [0.15, 0.2) is 0 Å². The van der Waals surface area contributed by atoms with Crippen molar-refractivity contribution < 1.29 is 80.2 Å². The van der Waals surface area contributed by atoms with E-state index in [4.69, 9.17) is 37.0 Å². The topological polar surface area (TPSA) is 237 Å². The third-order valence-electron chi connectivity index (χ3n) is 17.7. The Hall–Kier alpha value is -1.94. The molecule has 3 unspecified atom stereocenters. The number of hydrogen-bond donors (Lipinski definition) is 3. The molecule has 94 heavy (non-hydrogen) atoms. The summed E-state index contributed by atoms with van der Waals surface area (Å²) < 4.78 is 68.3. The second-order valence-corrected chi connectivity index (χ2v) is 31.1. The molecule has 0 rings (SSSR count). The maximum absolute atomic E-state index is 13.1. The van der Waals surface area contributed by atoms with Gasteiger partial charge in [0.15, 0.2) is 12.2 Å². The molecule has 0 saturated carbocycles. The predicted octanol–water partition coefficient (Wildman–Crippen LogP) is 21.8. The van der Waals surface area contributed by atoms with Gasteiger partial charge in [0.05, 0.1) is 26.4 Å². The molecule has 0 aromatic carbocycles. The summed E-state index contributed by atoms with van der Waals surface area (Å²) in [5, 5.41) is 10.6. The third kappa shape index (κ3) is 67.3. The van der Waals surface area contributed by atoms with Crippen molar-refractivity contribution in [2.24, 2.45) is 17.8 Å². The van der Waals surface area contributed by atoms with Crippen molar-refractivity contribution in [2.75, 3.05) is 39.6 Å². The number of phosphoric acid groups is 2. The van der Waals surface area contributed by atoms with Gasteiger partial charge in [0.2, 0.25) is 0 Å². The van der Waals surface area contributed by atoms with Crippen LogP contribution < -0.4 is 0 Å². The van der Waals surface area contributed by atoms with Gasteiger partial charge in [0.1, 0.15) is 19.3 Å². The number of carbonyl (C=O) groups excluding carboxylic acids is 4. The van der Waals surface area contributed by atoms with Gasteiger partial charge in [-0.2, -0.15) is 0 Å². The molecule has 0 heterocycles. The Balaban J connectivity index is 5.18. The number of phosphoric ester groups is 2. The van der Waals surface area contributed by atoms with Gasteiger partial charge in [0.25, 0.3) is 0 Å². The van der Waals surface area contributed by atoms with Crippen molar-refractivity contribution in [3.8, 4) is 0 Å². The van der Waals surface area contributed by atoms with Gasteiger partial charge in [-0.05, 0) is 43.4 Å². The van der Waals surface area contributed by atoms with Crippen LogP contribution in [0.3, 0.4) is 0 Å². The molecule has 0 aromatic heterocycles. The highest BCUT2D eigenvalue weighted by Gasteiger charge is 2.30. The molecule has 0 aliphatic carbocycles. The van der Waals surface area contributed by atoms with Crippen LogP contribution in [0.4, 0.5) is 0 Å². The lowest BCUT2D eigenvalue weighted by Crippen LogP contribution is -2.30. The van der Waals surface area contributed by atoms with Crippen molar-refractivity contribution in [1.82, 2.24) is 0 Å². The Morgan fingerprint density at radius 3 is 0.809 bits per heavy atom. The normalized spacial score (nSPS) is 14.4. The van der Waals surface area contributed by atoms with Crippen LogP contribution in [-0.2, 0) is 65.4 Å². The van der Waals surface area contributed by atoms with E-state index in [-0.39, 0.29) is 25.7 Å². The van der Waals surface area contributed by atoms with Crippen molar-refractivity contribution in [3.63, 3.8) is 0 Å². The maximum atomic E-state index is 13.1. The van der Waals surface area contributed by atoms with Gasteiger partial charge in [-0.1, -0.05) is 331 Å². The van der Waals surface area contributed by atoms with Gasteiger partial charge in [-0.3, -0.25) is 37.3 Å². The average Bonchev–Trinajstić information content (AvgIpc) is 1.42. The first-order chi connectivity index (χ1) is 45.3. The Bertz CT molecular complexity index is 1840. The van der Waals surface area contributed by atoms with Crippen LogP contribution in [0.5, 0.6) is 0 Å². The number of aliphatic hydroxyl groups is 1. The molecule has 19 heteroatoms. The number of hydrogen-bond acceptors (Lipinski definition) is 15. The quantitative estimate of drug-likeness (QED) is 0.0222. The molecule has 17 nitrogen and oxygen atoms in total. The summed E-state index contributed by atoms with van der Waals surface area (Å²) in [5.74, 6) is 0.229. The SMILES string of the molecule is CCCCCCCCCC(=O)OC[C@H](COP(=O)(O)OC[C@H](O)COP(=O)(O)OC[C@@H](COC(=O)CCCCCCCCCCCCCCCCC(C)CC)OC(=O)CCCCCCCCCCCCCCCCCCC(C)C)OC(=O)CCCCCCCCCC(C)C. The fraction of sp³-hybridized carbons (Fsp3) is 0.947. The van der Waals surface area contributed by atoms with E-state index in [2.05, 4.69) is 48.5 Å². The van der Waals surface area contributed by atoms with E-state index in [1.165, 1.54) is 180 Å². The molecular formula is C75H146O17P2. The van der Waals surface area contributed by atoms with E-state index >= 15 is 0 Å². The van der Waals surface area contributed by atoms with E-state index in [0.717, 1.165) is 115 Å². The zero-order valence-corrected chi connectivity index (χ0v) is 63.2. The second kappa shape index (κ2) is 65.7. The zero-order chi connectivity index (χ0) is 69.4. The summed E-state index contributed by atoms with van der Waals surface area (Å²) >= 11 is 0. The molecule has 0 aliphatic rings. The van der Waals surface area contributed by atoms with Crippen LogP contribution in [0.2, 0.25) is 0 Å². The summed E-state index contributed by atoms with van der Waals surface area (Å²) in [6.45, 7) is 11.9. The van der Waals surface area contributed by atoms with Crippen LogP contribution in [-0.4, -0.2) is 96.7 Å². The van der Waals surface area contributed by atoms with E-state index < -0.39 is 97.5 Å². The molecule has 558 valence electrons. The predicted molar refractivity (Wildman–Crippen MR) is 381 cm³/mol. The van der Waals surface area contributed by atoms with Crippen molar-refractivity contribution in [1.29, 1.82) is 0 Å². The monoisotopic (exact) mass is 1380 g/mol. The number of ether oxygens (including phenoxy) is 4. The molecule has 0 amide bonds. The summed E-state index contributed by atoms with van der Waals surface area (Å²) in [6.07, 6.45) is 51.6. The molecule has 6 atom stereocenters. The van der Waals surface area contributed by atoms with E-state index in [9.17, 15) is 43.2 Å². The summed E-state index contributed by atoms with van der Waals surface area (Å²) in [6, 6.07) is 0. The highest BCUT2D eigenvalue weighted by molar-refractivity contribution is 7.47. The molecule has 0 bridgehead atoms. The highest BCUT2D eigenvalue weighted by Crippen LogP contribution is 2.45. The number of carbonyl (C=O) groups is 4. The molecule has 0 radical (unpaired) electrons. The highest BCUT2D eigenvalue weighted by atomic mass is 31.2. The first kappa shape index (κ1) is 92.1. The van der Waals surface area contributed by atoms with Crippen molar-refractivity contribution in [3.05, 3.63) is 0 Å². The first-order valence-corrected chi connectivity index (χ1v) is 41.9. The Morgan fingerprint density at radius 2 is 0.543 bits per heavy atom. The van der Waals surface area contributed by atoms with E-state index in [0.29, 0.717) is 31.6 Å². The smallest absolute Gasteiger partial charge is 0.462 e. The second-order valence-electron chi connectivity index (χ2n) is 28.2. The fourth-order valence-electron chi connectivity index (χ4n) is 11.4. The Kier molecular flexibility index (Phi) is 64.3. The first-order valence-electron chi connectivity index (χ1n) is 38.9. The molecule has 0 saturated heterocycles.